The SMILES string of the molecule is CC(C)CC(C)(O)Nc1c(Cl)cncc1Cl. The van der Waals surface area contributed by atoms with E-state index in [1.165, 1.54) is 12.4 Å². The molecule has 16 heavy (non-hydrogen) atoms. The van der Waals surface area contributed by atoms with Crippen LogP contribution in [-0.2, 0) is 0 Å². The van der Waals surface area contributed by atoms with Crippen LogP contribution in [0.4, 0.5) is 5.69 Å². The molecule has 2 N–H and O–H groups in total. The Morgan fingerprint density at radius 2 is 1.88 bits per heavy atom. The van der Waals surface area contributed by atoms with Gasteiger partial charge in [0.25, 0.3) is 0 Å². The Labute approximate surface area is 106 Å². The molecule has 1 unspecified atom stereocenters. The van der Waals surface area contributed by atoms with Crippen LogP contribution in [0.15, 0.2) is 12.4 Å². The maximum absolute atomic E-state index is 10.1. The van der Waals surface area contributed by atoms with E-state index < -0.39 is 5.72 Å². The molecule has 0 saturated heterocycles. The molecule has 0 aromatic carbocycles. The van der Waals surface area contributed by atoms with Crippen LogP contribution < -0.4 is 5.32 Å². The topological polar surface area (TPSA) is 45.1 Å². The van der Waals surface area contributed by atoms with E-state index in [4.69, 9.17) is 23.2 Å². The van der Waals surface area contributed by atoms with E-state index in [0.29, 0.717) is 28.1 Å². The summed E-state index contributed by atoms with van der Waals surface area (Å²) in [6.07, 6.45) is 3.57. The minimum absolute atomic E-state index is 0.363. The van der Waals surface area contributed by atoms with E-state index in [9.17, 15) is 5.11 Å². The lowest BCUT2D eigenvalue weighted by Crippen LogP contribution is -2.36. The molecule has 0 amide bonds. The lowest BCUT2D eigenvalue weighted by Gasteiger charge is -2.28. The van der Waals surface area contributed by atoms with Gasteiger partial charge in [-0.1, -0.05) is 37.0 Å². The molecular formula is C11H16Cl2N2O. The molecule has 0 spiro atoms. The molecule has 0 saturated carbocycles. The third-order valence-electron chi connectivity index (χ3n) is 2.05. The van der Waals surface area contributed by atoms with E-state index >= 15 is 0 Å². The van der Waals surface area contributed by atoms with Crippen molar-refractivity contribution in [1.29, 1.82) is 0 Å². The summed E-state index contributed by atoms with van der Waals surface area (Å²) in [5.74, 6) is 0.363. The summed E-state index contributed by atoms with van der Waals surface area (Å²) < 4.78 is 0. The number of anilines is 1. The highest BCUT2D eigenvalue weighted by atomic mass is 35.5. The van der Waals surface area contributed by atoms with Crippen LogP contribution >= 0.6 is 23.2 Å². The van der Waals surface area contributed by atoms with Gasteiger partial charge in [-0.05, 0) is 19.3 Å². The number of halogens is 2. The lowest BCUT2D eigenvalue weighted by molar-refractivity contribution is 0.0673. The largest absolute Gasteiger partial charge is 0.371 e. The summed E-state index contributed by atoms with van der Waals surface area (Å²) in [4.78, 5) is 3.85. The molecule has 0 fully saturated rings. The molecule has 3 nitrogen and oxygen atoms in total. The summed E-state index contributed by atoms with van der Waals surface area (Å²) in [6, 6.07) is 0. The van der Waals surface area contributed by atoms with Gasteiger partial charge in [0.1, 0.15) is 5.72 Å². The van der Waals surface area contributed by atoms with Crippen LogP contribution in [0, 0.1) is 5.92 Å². The highest BCUT2D eigenvalue weighted by Crippen LogP contribution is 2.32. The lowest BCUT2D eigenvalue weighted by atomic mass is 10.0. The Balaban J connectivity index is 2.87. The summed E-state index contributed by atoms with van der Waals surface area (Å²) in [5.41, 5.74) is -0.521. The van der Waals surface area contributed by atoms with E-state index in [1.807, 2.05) is 13.8 Å². The van der Waals surface area contributed by atoms with Crippen LogP contribution in [0.1, 0.15) is 27.2 Å². The first-order valence-corrected chi connectivity index (χ1v) is 5.87. The zero-order valence-corrected chi connectivity index (χ0v) is 11.1. The van der Waals surface area contributed by atoms with Crippen LogP contribution in [0.25, 0.3) is 0 Å². The monoisotopic (exact) mass is 262 g/mol. The molecule has 1 aromatic heterocycles. The van der Waals surface area contributed by atoms with Gasteiger partial charge in [-0.25, -0.2) is 0 Å². The van der Waals surface area contributed by atoms with Crippen LogP contribution in [0.5, 0.6) is 0 Å². The Morgan fingerprint density at radius 1 is 1.38 bits per heavy atom. The van der Waals surface area contributed by atoms with Gasteiger partial charge < -0.3 is 10.4 Å². The number of hydrogen-bond acceptors (Lipinski definition) is 3. The molecule has 1 aromatic rings. The van der Waals surface area contributed by atoms with E-state index in [-0.39, 0.29) is 0 Å². The van der Waals surface area contributed by atoms with Crippen molar-refractivity contribution in [3.8, 4) is 0 Å². The summed E-state index contributed by atoms with van der Waals surface area (Å²) in [6.45, 7) is 5.76. The van der Waals surface area contributed by atoms with Crippen molar-refractivity contribution in [2.24, 2.45) is 5.92 Å². The van der Waals surface area contributed by atoms with Gasteiger partial charge in [-0.3, -0.25) is 4.98 Å². The first-order valence-electron chi connectivity index (χ1n) is 5.11. The number of rotatable bonds is 4. The van der Waals surface area contributed by atoms with Crippen LogP contribution in [0.3, 0.4) is 0 Å². The molecule has 90 valence electrons. The summed E-state index contributed by atoms with van der Waals surface area (Å²) in [5, 5.41) is 13.9. The second-order valence-electron chi connectivity index (χ2n) is 4.47. The number of nitrogens with zero attached hydrogens (tertiary/aromatic N) is 1. The predicted molar refractivity (Wildman–Crippen MR) is 68.0 cm³/mol. The highest BCUT2D eigenvalue weighted by molar-refractivity contribution is 6.38. The molecule has 0 aliphatic carbocycles. The van der Waals surface area contributed by atoms with Crippen LogP contribution in [0.2, 0.25) is 10.0 Å². The molecule has 0 aliphatic rings. The zero-order valence-electron chi connectivity index (χ0n) is 9.59. The fraction of sp³-hybridized carbons (Fsp3) is 0.545. The Morgan fingerprint density at radius 3 is 2.31 bits per heavy atom. The van der Waals surface area contributed by atoms with Gasteiger partial charge in [0.05, 0.1) is 15.7 Å². The first-order chi connectivity index (χ1) is 7.32. The summed E-state index contributed by atoms with van der Waals surface area (Å²) >= 11 is 11.9. The van der Waals surface area contributed by atoms with Crippen molar-refractivity contribution in [2.45, 2.75) is 32.9 Å². The first kappa shape index (κ1) is 13.6. The minimum Gasteiger partial charge on any atom is -0.371 e. The number of pyridine rings is 1. The number of hydrogen-bond donors (Lipinski definition) is 2. The maximum atomic E-state index is 10.1. The molecule has 1 heterocycles. The normalized spacial score (nSPS) is 14.9. The predicted octanol–water partition coefficient (Wildman–Crippen LogP) is 3.55. The van der Waals surface area contributed by atoms with Gasteiger partial charge in [0, 0.05) is 12.4 Å². The van der Waals surface area contributed by atoms with Crippen molar-refractivity contribution >= 4 is 28.9 Å². The van der Waals surface area contributed by atoms with Crippen molar-refractivity contribution in [1.82, 2.24) is 4.98 Å². The second kappa shape index (κ2) is 5.21. The smallest absolute Gasteiger partial charge is 0.132 e. The fourth-order valence-corrected chi connectivity index (χ4v) is 2.11. The quantitative estimate of drug-likeness (QED) is 0.816. The standard InChI is InChI=1S/C11H16Cl2N2O/c1-7(2)4-11(3,16)15-10-8(12)5-14-6-9(10)13/h5-7,16H,4H2,1-3H3,(H,14,15). The van der Waals surface area contributed by atoms with Crippen LogP contribution in [-0.4, -0.2) is 15.8 Å². The third-order valence-corrected chi connectivity index (χ3v) is 2.63. The second-order valence-corrected chi connectivity index (χ2v) is 5.29. The van der Waals surface area contributed by atoms with E-state index in [0.717, 1.165) is 0 Å². The van der Waals surface area contributed by atoms with E-state index in [2.05, 4.69) is 10.3 Å². The average molecular weight is 263 g/mol. The molecule has 0 aliphatic heterocycles. The van der Waals surface area contributed by atoms with E-state index in [1.54, 1.807) is 6.92 Å². The molecule has 1 atom stereocenters. The third kappa shape index (κ3) is 3.81. The van der Waals surface area contributed by atoms with Gasteiger partial charge in [0.2, 0.25) is 0 Å². The number of nitrogens with one attached hydrogen (secondary N) is 1. The molecular weight excluding hydrogens is 247 g/mol. The van der Waals surface area contributed by atoms with Crippen molar-refractivity contribution in [3.63, 3.8) is 0 Å². The maximum Gasteiger partial charge on any atom is 0.132 e. The Bertz CT molecular complexity index is 347. The molecule has 1 rings (SSSR count). The highest BCUT2D eigenvalue weighted by Gasteiger charge is 2.23. The van der Waals surface area contributed by atoms with Gasteiger partial charge in [-0.2, -0.15) is 0 Å². The van der Waals surface area contributed by atoms with Crippen molar-refractivity contribution in [3.05, 3.63) is 22.4 Å². The van der Waals surface area contributed by atoms with Gasteiger partial charge in [-0.15, -0.1) is 0 Å². The molecule has 0 bridgehead atoms. The zero-order chi connectivity index (χ0) is 12.3. The van der Waals surface area contributed by atoms with Gasteiger partial charge in [0.15, 0.2) is 0 Å². The number of aromatic nitrogens is 1. The number of aliphatic hydroxyl groups is 1. The minimum atomic E-state index is -1.04. The molecule has 0 radical (unpaired) electrons. The van der Waals surface area contributed by atoms with Crippen molar-refractivity contribution < 1.29 is 5.11 Å². The van der Waals surface area contributed by atoms with Crippen molar-refractivity contribution in [2.75, 3.05) is 5.32 Å². The average Bonchev–Trinajstić information content (AvgIpc) is 2.09. The summed E-state index contributed by atoms with van der Waals surface area (Å²) in [7, 11) is 0. The fourth-order valence-electron chi connectivity index (χ4n) is 1.65. The van der Waals surface area contributed by atoms with Gasteiger partial charge >= 0.3 is 0 Å². The molecule has 5 heteroatoms. The Kier molecular flexibility index (Phi) is 4.42. The Hall–Kier alpha value is -0.510.